The first kappa shape index (κ1) is 11.6. The molecule has 108 valence electrons. The molecule has 0 rings (SSSR count). The third-order valence-electron chi connectivity index (χ3n) is 3.17. The Morgan fingerprint density at radius 2 is 0.889 bits per heavy atom. The molecular formula is C18H36. The quantitative estimate of drug-likeness (QED) is 0.231. The summed E-state index contributed by atoms with van der Waals surface area (Å²) < 4.78 is 31.9. The summed E-state index contributed by atoms with van der Waals surface area (Å²) in [6.07, 6.45) is 12.3. The highest BCUT2D eigenvalue weighted by Gasteiger charge is 1.89. The Balaban J connectivity index is 4.00. The van der Waals surface area contributed by atoms with Crippen molar-refractivity contribution >= 4 is 0 Å². The van der Waals surface area contributed by atoms with Crippen molar-refractivity contribution in [1.29, 1.82) is 0 Å². The molecule has 18 heavy (non-hydrogen) atoms. The number of hydrogen-bond donors (Lipinski definition) is 0. The maximum Gasteiger partial charge on any atom is 0.0310 e. The SMILES string of the molecule is [2H]C([2H])(/C=C\C([2H])([2H])CCCCCCC)CCCCCCC. The minimum atomic E-state index is -1.37. The Kier molecular flexibility index (Phi) is 10.7. The number of hydrogen-bond acceptors (Lipinski definition) is 0. The molecule has 0 heteroatoms. The van der Waals surface area contributed by atoms with Crippen LogP contribution in [-0.2, 0) is 0 Å². The highest BCUT2D eigenvalue weighted by molar-refractivity contribution is 4.81. The molecule has 0 spiro atoms. The van der Waals surface area contributed by atoms with E-state index >= 15 is 0 Å². The van der Waals surface area contributed by atoms with Crippen LogP contribution < -0.4 is 0 Å². The third kappa shape index (κ3) is 15.7. The summed E-state index contributed by atoms with van der Waals surface area (Å²) in [5, 5.41) is 0. The van der Waals surface area contributed by atoms with E-state index in [1.54, 1.807) is 0 Å². The molecule has 0 saturated carbocycles. The summed E-state index contributed by atoms with van der Waals surface area (Å²) in [7, 11) is 0. The summed E-state index contributed by atoms with van der Waals surface area (Å²) in [5.74, 6) is 0. The molecule has 0 radical (unpaired) electrons. The fourth-order valence-electron chi connectivity index (χ4n) is 1.95. The summed E-state index contributed by atoms with van der Waals surface area (Å²) >= 11 is 0. The number of rotatable bonds is 14. The van der Waals surface area contributed by atoms with Crippen LogP contribution in [0.15, 0.2) is 12.2 Å². The van der Waals surface area contributed by atoms with Crippen LogP contribution in [0, 0.1) is 0 Å². The average Bonchev–Trinajstić information content (AvgIpc) is 2.45. The standard InChI is InChI=1S/C18H36/c1-3-5-7-9-11-13-15-17-18-16-14-12-10-8-6-4-2/h17-18H,3-16H2,1-2H3/b18-17-/i15D2,16D2. The number of unbranched alkanes of at least 4 members (excludes halogenated alkanes) is 8. The largest absolute Gasteiger partial charge is 0.0885 e. The van der Waals surface area contributed by atoms with E-state index < -0.39 is 12.7 Å². The van der Waals surface area contributed by atoms with Crippen molar-refractivity contribution in [2.45, 2.75) is 104 Å². The first-order valence-electron chi connectivity index (χ1n) is 10.0. The third-order valence-corrected chi connectivity index (χ3v) is 3.17. The van der Waals surface area contributed by atoms with E-state index in [2.05, 4.69) is 13.8 Å². The van der Waals surface area contributed by atoms with Crippen LogP contribution in [-0.4, -0.2) is 0 Å². The van der Waals surface area contributed by atoms with Gasteiger partial charge in [-0.15, -0.1) is 0 Å². The highest BCUT2D eigenvalue weighted by Crippen LogP contribution is 2.09. The molecule has 0 saturated heterocycles. The maximum atomic E-state index is 7.97. The molecule has 0 aromatic rings. The normalized spacial score (nSPS) is 16.3. The molecule has 0 fully saturated rings. The van der Waals surface area contributed by atoms with Crippen LogP contribution in [0.4, 0.5) is 0 Å². The molecule has 0 amide bonds. The van der Waals surface area contributed by atoms with Crippen LogP contribution in [0.3, 0.4) is 0 Å². The predicted molar refractivity (Wildman–Crippen MR) is 85.1 cm³/mol. The second-order valence-corrected chi connectivity index (χ2v) is 5.07. The monoisotopic (exact) mass is 256 g/mol. The van der Waals surface area contributed by atoms with E-state index in [4.69, 9.17) is 5.48 Å². The van der Waals surface area contributed by atoms with Crippen LogP contribution >= 0.6 is 0 Å². The van der Waals surface area contributed by atoms with E-state index in [9.17, 15) is 0 Å². The summed E-state index contributed by atoms with van der Waals surface area (Å²) in [4.78, 5) is 0. The van der Waals surface area contributed by atoms with Gasteiger partial charge < -0.3 is 0 Å². The molecule has 0 unspecified atom stereocenters. The predicted octanol–water partition coefficient (Wildman–Crippen LogP) is 7.04. The smallest absolute Gasteiger partial charge is 0.0310 e. The molecule has 0 N–H and O–H groups in total. The van der Waals surface area contributed by atoms with Crippen molar-refractivity contribution in [3.8, 4) is 0 Å². The maximum absolute atomic E-state index is 7.97. The minimum Gasteiger partial charge on any atom is -0.0885 e. The zero-order valence-electron chi connectivity index (χ0n) is 16.6. The van der Waals surface area contributed by atoms with Gasteiger partial charge in [-0.2, -0.15) is 0 Å². The van der Waals surface area contributed by atoms with Gasteiger partial charge in [0.15, 0.2) is 0 Å². The van der Waals surface area contributed by atoms with E-state index in [-0.39, 0.29) is 0 Å². The van der Waals surface area contributed by atoms with Gasteiger partial charge in [-0.05, 0) is 25.6 Å². The Labute approximate surface area is 122 Å². The zero-order valence-corrected chi connectivity index (χ0v) is 12.6. The average molecular weight is 257 g/mol. The van der Waals surface area contributed by atoms with Gasteiger partial charge in [0.25, 0.3) is 0 Å². The van der Waals surface area contributed by atoms with Gasteiger partial charge in [0, 0.05) is 5.48 Å². The van der Waals surface area contributed by atoms with Crippen molar-refractivity contribution < 1.29 is 5.48 Å². The fourth-order valence-corrected chi connectivity index (χ4v) is 1.95. The van der Waals surface area contributed by atoms with E-state index in [0.717, 1.165) is 25.7 Å². The second-order valence-electron chi connectivity index (χ2n) is 5.07. The Hall–Kier alpha value is -0.260. The van der Waals surface area contributed by atoms with E-state index in [1.807, 2.05) is 0 Å². The van der Waals surface area contributed by atoms with Gasteiger partial charge in [0.2, 0.25) is 0 Å². The lowest BCUT2D eigenvalue weighted by Gasteiger charge is -1.98. The van der Waals surface area contributed by atoms with Gasteiger partial charge in [-0.25, -0.2) is 0 Å². The molecule has 0 nitrogen and oxygen atoms in total. The molecule has 0 aliphatic carbocycles. The van der Waals surface area contributed by atoms with Gasteiger partial charge in [-0.3, -0.25) is 0 Å². The van der Waals surface area contributed by atoms with Crippen molar-refractivity contribution in [2.24, 2.45) is 0 Å². The lowest BCUT2D eigenvalue weighted by atomic mass is 10.1. The molecule has 0 aliphatic rings. The summed E-state index contributed by atoms with van der Waals surface area (Å²) in [5.41, 5.74) is 0. The van der Waals surface area contributed by atoms with Crippen LogP contribution in [0.1, 0.15) is 109 Å². The molecule has 0 aromatic heterocycles. The van der Waals surface area contributed by atoms with Gasteiger partial charge >= 0.3 is 0 Å². The molecule has 0 heterocycles. The lowest BCUT2D eigenvalue weighted by Crippen LogP contribution is -1.79. The molecular weight excluding hydrogens is 216 g/mol. The first-order valence-corrected chi connectivity index (χ1v) is 8.03. The Morgan fingerprint density at radius 3 is 1.28 bits per heavy atom. The Morgan fingerprint density at radius 1 is 0.556 bits per heavy atom. The van der Waals surface area contributed by atoms with Crippen LogP contribution in [0.5, 0.6) is 0 Å². The molecule has 0 aliphatic heterocycles. The van der Waals surface area contributed by atoms with E-state index in [1.165, 1.54) is 50.7 Å². The van der Waals surface area contributed by atoms with Crippen molar-refractivity contribution in [3.63, 3.8) is 0 Å². The lowest BCUT2D eigenvalue weighted by molar-refractivity contribution is 0.606. The first-order chi connectivity index (χ1) is 10.3. The van der Waals surface area contributed by atoms with Gasteiger partial charge in [0.05, 0.1) is 0 Å². The second kappa shape index (κ2) is 16.7. The van der Waals surface area contributed by atoms with E-state index in [0.29, 0.717) is 12.8 Å². The van der Waals surface area contributed by atoms with Crippen LogP contribution in [0.25, 0.3) is 0 Å². The fraction of sp³-hybridized carbons (Fsp3) is 0.889. The molecule has 0 atom stereocenters. The van der Waals surface area contributed by atoms with Crippen molar-refractivity contribution in [2.75, 3.05) is 0 Å². The highest BCUT2D eigenvalue weighted by atomic mass is 14.0. The minimum absolute atomic E-state index is 0.500. The Bertz CT molecular complexity index is 257. The van der Waals surface area contributed by atoms with Crippen LogP contribution in [0.2, 0.25) is 0 Å². The summed E-state index contributed by atoms with van der Waals surface area (Å²) in [6, 6.07) is 0. The topological polar surface area (TPSA) is 0 Å². The van der Waals surface area contributed by atoms with Crippen molar-refractivity contribution in [1.82, 2.24) is 0 Å². The van der Waals surface area contributed by atoms with Gasteiger partial charge in [-0.1, -0.05) is 90.2 Å². The summed E-state index contributed by atoms with van der Waals surface area (Å²) in [6.45, 7) is 4.35. The van der Waals surface area contributed by atoms with Gasteiger partial charge in [0.1, 0.15) is 0 Å². The molecule has 0 bridgehead atoms. The van der Waals surface area contributed by atoms with Crippen molar-refractivity contribution in [3.05, 3.63) is 12.2 Å². The molecule has 0 aromatic carbocycles. The number of allylic oxidation sites excluding steroid dienone is 2. The zero-order chi connectivity index (χ0) is 16.9.